The zero-order valence-electron chi connectivity index (χ0n) is 9.97. The van der Waals surface area contributed by atoms with Gasteiger partial charge in [0, 0.05) is 0 Å². The van der Waals surface area contributed by atoms with Gasteiger partial charge in [-0.05, 0) is 31.5 Å². The van der Waals surface area contributed by atoms with Crippen LogP contribution in [0.3, 0.4) is 0 Å². The monoisotopic (exact) mass is 275 g/mol. The van der Waals surface area contributed by atoms with Gasteiger partial charge in [0.15, 0.2) is 0 Å². The topological polar surface area (TPSA) is 83.5 Å². The quantitative estimate of drug-likeness (QED) is 0.843. The van der Waals surface area contributed by atoms with E-state index in [1.165, 1.54) is 26.0 Å². The van der Waals surface area contributed by atoms with Gasteiger partial charge in [-0.2, -0.15) is 4.72 Å². The third kappa shape index (κ3) is 4.08. The average molecular weight is 275 g/mol. The van der Waals surface area contributed by atoms with Crippen molar-refractivity contribution in [1.29, 1.82) is 0 Å². The van der Waals surface area contributed by atoms with Crippen LogP contribution in [0.5, 0.6) is 0 Å². The molecule has 0 spiro atoms. The summed E-state index contributed by atoms with van der Waals surface area (Å²) in [6.45, 7) is 2.50. The van der Waals surface area contributed by atoms with Crippen LogP contribution in [0.25, 0.3) is 0 Å². The van der Waals surface area contributed by atoms with Gasteiger partial charge in [-0.3, -0.25) is 4.79 Å². The van der Waals surface area contributed by atoms with Crippen LogP contribution in [0, 0.1) is 5.82 Å². The van der Waals surface area contributed by atoms with Crippen LogP contribution in [0.4, 0.5) is 4.39 Å². The van der Waals surface area contributed by atoms with E-state index in [9.17, 15) is 17.6 Å². The first kappa shape index (κ1) is 14.6. The Labute approximate surface area is 105 Å². The highest BCUT2D eigenvalue weighted by atomic mass is 32.2. The molecule has 0 aliphatic heterocycles. The summed E-state index contributed by atoms with van der Waals surface area (Å²) in [5.41, 5.74) is -1.20. The van der Waals surface area contributed by atoms with Crippen LogP contribution in [0.1, 0.15) is 19.4 Å². The van der Waals surface area contributed by atoms with Gasteiger partial charge >= 0.3 is 5.97 Å². The van der Waals surface area contributed by atoms with Gasteiger partial charge in [0.05, 0.1) is 5.75 Å². The standard InChI is InChI=1S/C11H14FNO4S/c1-11(2,10(14)15)13-18(16,17)7-8-3-5-9(12)6-4-8/h3-6,13H,7H2,1-2H3,(H,14,15). The first-order valence-corrected chi connectivity index (χ1v) is 6.77. The van der Waals surface area contributed by atoms with E-state index < -0.39 is 33.1 Å². The Morgan fingerprint density at radius 3 is 2.28 bits per heavy atom. The fourth-order valence-corrected chi connectivity index (χ4v) is 2.84. The second kappa shape index (κ2) is 5.03. The molecule has 1 aromatic carbocycles. The molecule has 0 aromatic heterocycles. The zero-order valence-corrected chi connectivity index (χ0v) is 10.8. The molecule has 0 saturated heterocycles. The molecule has 0 bridgehead atoms. The number of carboxylic acid groups (broad SMARTS) is 1. The van der Waals surface area contributed by atoms with Gasteiger partial charge in [0.1, 0.15) is 11.4 Å². The largest absolute Gasteiger partial charge is 0.480 e. The highest BCUT2D eigenvalue weighted by Gasteiger charge is 2.32. The number of halogens is 1. The lowest BCUT2D eigenvalue weighted by molar-refractivity contribution is -0.142. The molecule has 0 radical (unpaired) electrons. The third-order valence-corrected chi connectivity index (χ3v) is 3.75. The lowest BCUT2D eigenvalue weighted by Crippen LogP contribution is -2.49. The molecule has 100 valence electrons. The van der Waals surface area contributed by atoms with Gasteiger partial charge in [-0.15, -0.1) is 0 Å². The van der Waals surface area contributed by atoms with Gasteiger partial charge in [-0.1, -0.05) is 12.1 Å². The number of hydrogen-bond donors (Lipinski definition) is 2. The van der Waals surface area contributed by atoms with Crippen molar-refractivity contribution in [1.82, 2.24) is 4.72 Å². The minimum Gasteiger partial charge on any atom is -0.480 e. The number of hydrogen-bond acceptors (Lipinski definition) is 3. The second-order valence-electron chi connectivity index (χ2n) is 4.42. The molecule has 0 aliphatic rings. The maximum atomic E-state index is 12.7. The fraction of sp³-hybridized carbons (Fsp3) is 0.364. The molecule has 0 unspecified atom stereocenters. The maximum Gasteiger partial charge on any atom is 0.324 e. The number of aliphatic carboxylic acids is 1. The molecule has 0 amide bonds. The summed E-state index contributed by atoms with van der Waals surface area (Å²) in [6, 6.07) is 4.96. The zero-order chi connectivity index (χ0) is 14.0. The van der Waals surface area contributed by atoms with Gasteiger partial charge in [0.2, 0.25) is 10.0 Å². The average Bonchev–Trinajstić information content (AvgIpc) is 2.19. The smallest absolute Gasteiger partial charge is 0.324 e. The lowest BCUT2D eigenvalue weighted by atomic mass is 10.1. The van der Waals surface area contributed by atoms with Crippen molar-refractivity contribution in [3.63, 3.8) is 0 Å². The number of nitrogens with one attached hydrogen (secondary N) is 1. The van der Waals surface area contributed by atoms with Crippen molar-refractivity contribution in [2.24, 2.45) is 0 Å². The second-order valence-corrected chi connectivity index (χ2v) is 6.14. The van der Waals surface area contributed by atoms with Crippen molar-refractivity contribution < 1.29 is 22.7 Å². The summed E-state index contributed by atoms with van der Waals surface area (Å²) in [4.78, 5) is 10.8. The van der Waals surface area contributed by atoms with Crippen molar-refractivity contribution in [2.45, 2.75) is 25.1 Å². The molecule has 0 saturated carbocycles. The summed E-state index contributed by atoms with van der Waals surface area (Å²) in [5, 5.41) is 8.83. The molecule has 5 nitrogen and oxygen atoms in total. The predicted octanol–water partition coefficient (Wildman–Crippen LogP) is 1.11. The summed E-state index contributed by atoms with van der Waals surface area (Å²) >= 11 is 0. The first-order chi connectivity index (χ1) is 8.12. The van der Waals surface area contributed by atoms with Crippen LogP contribution in [-0.4, -0.2) is 25.0 Å². The normalized spacial score (nSPS) is 12.4. The Bertz CT molecular complexity index is 537. The highest BCUT2D eigenvalue weighted by Crippen LogP contribution is 2.10. The first-order valence-electron chi connectivity index (χ1n) is 5.12. The SMILES string of the molecule is CC(C)(NS(=O)(=O)Cc1ccc(F)cc1)C(=O)O. The van der Waals surface area contributed by atoms with E-state index in [-0.39, 0.29) is 0 Å². The van der Waals surface area contributed by atoms with E-state index in [1.54, 1.807) is 0 Å². The van der Waals surface area contributed by atoms with Gasteiger partial charge < -0.3 is 5.11 Å². The predicted molar refractivity (Wildman–Crippen MR) is 63.9 cm³/mol. The fourth-order valence-electron chi connectivity index (χ4n) is 1.27. The van der Waals surface area contributed by atoms with E-state index in [4.69, 9.17) is 5.11 Å². The Kier molecular flexibility index (Phi) is 4.08. The van der Waals surface area contributed by atoms with Crippen molar-refractivity contribution >= 4 is 16.0 Å². The molecular formula is C11H14FNO4S. The van der Waals surface area contributed by atoms with Gasteiger partial charge in [0.25, 0.3) is 0 Å². The van der Waals surface area contributed by atoms with E-state index in [0.29, 0.717) is 5.56 Å². The molecule has 18 heavy (non-hydrogen) atoms. The molecule has 0 aliphatic carbocycles. The molecule has 0 heterocycles. The highest BCUT2D eigenvalue weighted by molar-refractivity contribution is 7.88. The molecule has 7 heteroatoms. The molecule has 2 N–H and O–H groups in total. The van der Waals surface area contributed by atoms with Crippen molar-refractivity contribution in [2.75, 3.05) is 0 Å². The minimum atomic E-state index is -3.80. The molecule has 0 fully saturated rings. The Balaban J connectivity index is 2.83. The minimum absolute atomic E-state index is 0.380. The number of carbonyl (C=O) groups is 1. The molecule has 0 atom stereocenters. The molecule has 1 aromatic rings. The van der Waals surface area contributed by atoms with E-state index >= 15 is 0 Å². The van der Waals surface area contributed by atoms with E-state index in [2.05, 4.69) is 4.72 Å². The third-order valence-electron chi connectivity index (χ3n) is 2.22. The summed E-state index contributed by atoms with van der Waals surface area (Å²) < 4.78 is 38.2. The maximum absolute atomic E-state index is 12.7. The Hall–Kier alpha value is -1.47. The van der Waals surface area contributed by atoms with Crippen LogP contribution in [0.2, 0.25) is 0 Å². The lowest BCUT2D eigenvalue weighted by Gasteiger charge is -2.20. The van der Waals surface area contributed by atoms with E-state index in [0.717, 1.165) is 12.1 Å². The number of carboxylic acids is 1. The Morgan fingerprint density at radius 1 is 1.33 bits per heavy atom. The number of rotatable bonds is 5. The van der Waals surface area contributed by atoms with Crippen molar-refractivity contribution in [3.05, 3.63) is 35.6 Å². The van der Waals surface area contributed by atoms with E-state index in [1.807, 2.05) is 0 Å². The summed E-state index contributed by atoms with van der Waals surface area (Å²) in [7, 11) is -3.80. The molecular weight excluding hydrogens is 261 g/mol. The Morgan fingerprint density at radius 2 is 1.83 bits per heavy atom. The number of benzene rings is 1. The van der Waals surface area contributed by atoms with Crippen LogP contribution in [0.15, 0.2) is 24.3 Å². The van der Waals surface area contributed by atoms with Crippen LogP contribution < -0.4 is 4.72 Å². The summed E-state index contributed by atoms with van der Waals surface area (Å²) in [5.74, 6) is -2.13. The molecule has 1 rings (SSSR count). The summed E-state index contributed by atoms with van der Waals surface area (Å²) in [6.07, 6.45) is 0. The van der Waals surface area contributed by atoms with Crippen LogP contribution >= 0.6 is 0 Å². The van der Waals surface area contributed by atoms with Crippen molar-refractivity contribution in [3.8, 4) is 0 Å². The number of sulfonamides is 1. The van der Waals surface area contributed by atoms with Gasteiger partial charge in [-0.25, -0.2) is 12.8 Å². The van der Waals surface area contributed by atoms with Crippen LogP contribution in [-0.2, 0) is 20.6 Å².